The number of nitrogens with one attached hydrogen (secondary N) is 1. The van der Waals surface area contributed by atoms with Gasteiger partial charge in [-0.1, -0.05) is 30.3 Å². The summed E-state index contributed by atoms with van der Waals surface area (Å²) in [5, 5.41) is 8.29. The van der Waals surface area contributed by atoms with Crippen LogP contribution in [-0.4, -0.2) is 11.8 Å². The summed E-state index contributed by atoms with van der Waals surface area (Å²) in [6, 6.07) is 10.3. The fourth-order valence-corrected chi connectivity index (χ4v) is 1.02. The van der Waals surface area contributed by atoms with Crippen molar-refractivity contribution in [1.82, 2.24) is 5.48 Å². The summed E-state index contributed by atoms with van der Waals surface area (Å²) in [5.41, 5.74) is 3.46. The summed E-state index contributed by atoms with van der Waals surface area (Å²) in [6.45, 7) is 0.662. The average molecular weight is 279 g/mol. The Kier molecular flexibility index (Phi) is 7.43. The van der Waals surface area contributed by atoms with Gasteiger partial charge in [0.2, 0.25) is 0 Å². The SMILES string of the molecule is I.ONCCCc1ccccc1. The molecule has 0 amide bonds. The smallest absolute Gasteiger partial charge is 0.0210 e. The second-order valence-corrected chi connectivity index (χ2v) is 2.50. The lowest BCUT2D eigenvalue weighted by Gasteiger charge is -1.98. The van der Waals surface area contributed by atoms with Gasteiger partial charge in [0.25, 0.3) is 0 Å². The van der Waals surface area contributed by atoms with E-state index in [2.05, 4.69) is 17.6 Å². The highest BCUT2D eigenvalue weighted by atomic mass is 127. The van der Waals surface area contributed by atoms with Crippen molar-refractivity contribution in [1.29, 1.82) is 0 Å². The Hall–Kier alpha value is -0.130. The van der Waals surface area contributed by atoms with Gasteiger partial charge in [-0.2, -0.15) is 0 Å². The maximum absolute atomic E-state index is 8.29. The molecule has 2 N–H and O–H groups in total. The molecule has 1 rings (SSSR count). The predicted octanol–water partition coefficient (Wildman–Crippen LogP) is 2.22. The maximum Gasteiger partial charge on any atom is 0.0210 e. The quantitative estimate of drug-likeness (QED) is 0.503. The van der Waals surface area contributed by atoms with Crippen LogP contribution < -0.4 is 5.48 Å². The Balaban J connectivity index is 0.00000121. The molecule has 0 spiro atoms. The van der Waals surface area contributed by atoms with Gasteiger partial charge in [-0.25, -0.2) is 5.48 Å². The molecule has 0 aliphatic rings. The second-order valence-electron chi connectivity index (χ2n) is 2.50. The van der Waals surface area contributed by atoms with Gasteiger partial charge in [-0.05, 0) is 18.4 Å². The van der Waals surface area contributed by atoms with Crippen LogP contribution in [0.25, 0.3) is 0 Å². The second kappa shape index (κ2) is 7.52. The summed E-state index contributed by atoms with van der Waals surface area (Å²) >= 11 is 0. The van der Waals surface area contributed by atoms with E-state index in [-0.39, 0.29) is 24.0 Å². The number of rotatable bonds is 4. The van der Waals surface area contributed by atoms with Crippen molar-refractivity contribution in [3.8, 4) is 0 Å². The van der Waals surface area contributed by atoms with Gasteiger partial charge in [0.1, 0.15) is 0 Å². The molecule has 0 unspecified atom stereocenters. The lowest BCUT2D eigenvalue weighted by molar-refractivity contribution is 0.166. The van der Waals surface area contributed by atoms with Crippen molar-refractivity contribution in [2.45, 2.75) is 12.8 Å². The van der Waals surface area contributed by atoms with Gasteiger partial charge >= 0.3 is 0 Å². The van der Waals surface area contributed by atoms with Crippen LogP contribution in [0.3, 0.4) is 0 Å². The first-order valence-corrected chi connectivity index (χ1v) is 3.84. The number of hydrogen-bond donors (Lipinski definition) is 2. The Morgan fingerprint density at radius 1 is 1.17 bits per heavy atom. The minimum atomic E-state index is 0. The van der Waals surface area contributed by atoms with Crippen molar-refractivity contribution >= 4 is 24.0 Å². The van der Waals surface area contributed by atoms with Crippen LogP contribution in [-0.2, 0) is 6.42 Å². The van der Waals surface area contributed by atoms with Crippen molar-refractivity contribution in [3.63, 3.8) is 0 Å². The van der Waals surface area contributed by atoms with Gasteiger partial charge in [0.05, 0.1) is 0 Å². The van der Waals surface area contributed by atoms with Crippen LogP contribution in [0.15, 0.2) is 30.3 Å². The predicted molar refractivity (Wildman–Crippen MR) is 60.0 cm³/mol. The highest BCUT2D eigenvalue weighted by molar-refractivity contribution is 14.0. The molecular weight excluding hydrogens is 265 g/mol. The Morgan fingerprint density at radius 2 is 1.83 bits per heavy atom. The molecule has 0 fully saturated rings. The lowest BCUT2D eigenvalue weighted by atomic mass is 10.1. The lowest BCUT2D eigenvalue weighted by Crippen LogP contribution is -2.09. The van der Waals surface area contributed by atoms with Gasteiger partial charge < -0.3 is 5.21 Å². The van der Waals surface area contributed by atoms with Crippen molar-refractivity contribution in [2.75, 3.05) is 6.54 Å². The van der Waals surface area contributed by atoms with E-state index in [4.69, 9.17) is 5.21 Å². The fraction of sp³-hybridized carbons (Fsp3) is 0.333. The van der Waals surface area contributed by atoms with Gasteiger partial charge in [-0.3, -0.25) is 0 Å². The average Bonchev–Trinajstić information content (AvgIpc) is 2.07. The minimum Gasteiger partial charge on any atom is -0.317 e. The van der Waals surface area contributed by atoms with E-state index in [1.807, 2.05) is 18.2 Å². The van der Waals surface area contributed by atoms with Crippen LogP contribution >= 0.6 is 24.0 Å². The van der Waals surface area contributed by atoms with Crippen LogP contribution in [0.4, 0.5) is 0 Å². The van der Waals surface area contributed by atoms with Crippen LogP contribution in [0, 0.1) is 0 Å². The first-order valence-electron chi connectivity index (χ1n) is 3.84. The van der Waals surface area contributed by atoms with Crippen molar-refractivity contribution < 1.29 is 5.21 Å². The number of hydrogen-bond acceptors (Lipinski definition) is 2. The third kappa shape index (κ3) is 4.69. The number of aryl methyl sites for hydroxylation is 1. The first-order chi connectivity index (χ1) is 5.43. The van der Waals surface area contributed by atoms with E-state index in [0.717, 1.165) is 12.8 Å². The molecule has 0 aromatic heterocycles. The molecule has 68 valence electrons. The summed E-state index contributed by atoms with van der Waals surface area (Å²) in [6.07, 6.45) is 1.99. The molecule has 0 saturated heterocycles. The number of hydroxylamine groups is 1. The van der Waals surface area contributed by atoms with E-state index in [0.29, 0.717) is 6.54 Å². The zero-order valence-corrected chi connectivity index (χ0v) is 9.19. The van der Waals surface area contributed by atoms with Gasteiger partial charge in [-0.15, -0.1) is 24.0 Å². The van der Waals surface area contributed by atoms with E-state index in [1.54, 1.807) is 0 Å². The van der Waals surface area contributed by atoms with Crippen LogP contribution in [0.1, 0.15) is 12.0 Å². The first kappa shape index (κ1) is 11.9. The van der Waals surface area contributed by atoms with E-state index >= 15 is 0 Å². The summed E-state index contributed by atoms with van der Waals surface area (Å²) < 4.78 is 0. The molecule has 2 nitrogen and oxygen atoms in total. The van der Waals surface area contributed by atoms with E-state index in [1.165, 1.54) is 5.56 Å². The molecule has 0 atom stereocenters. The largest absolute Gasteiger partial charge is 0.317 e. The Morgan fingerprint density at radius 3 is 2.42 bits per heavy atom. The van der Waals surface area contributed by atoms with Crippen LogP contribution in [0.2, 0.25) is 0 Å². The maximum atomic E-state index is 8.29. The molecule has 12 heavy (non-hydrogen) atoms. The standard InChI is InChI=1S/C9H13NO.HI/c11-10-8-4-7-9-5-2-1-3-6-9;/h1-3,5-6,10-11H,4,7-8H2;1H. The third-order valence-corrected chi connectivity index (χ3v) is 1.60. The molecule has 0 heterocycles. The van der Waals surface area contributed by atoms with Crippen molar-refractivity contribution in [2.24, 2.45) is 0 Å². The molecule has 0 aliphatic heterocycles. The highest BCUT2D eigenvalue weighted by Crippen LogP contribution is 2.00. The number of benzene rings is 1. The molecule has 3 heteroatoms. The third-order valence-electron chi connectivity index (χ3n) is 1.60. The Labute approximate surface area is 90.0 Å². The highest BCUT2D eigenvalue weighted by Gasteiger charge is 1.89. The van der Waals surface area contributed by atoms with Gasteiger partial charge in [0, 0.05) is 6.54 Å². The zero-order valence-electron chi connectivity index (χ0n) is 6.86. The Bertz CT molecular complexity index is 191. The summed E-state index contributed by atoms with van der Waals surface area (Å²) in [5.74, 6) is 0. The molecule has 0 bridgehead atoms. The molecule has 1 aromatic carbocycles. The van der Waals surface area contributed by atoms with E-state index in [9.17, 15) is 0 Å². The van der Waals surface area contributed by atoms with E-state index < -0.39 is 0 Å². The molecule has 0 aliphatic carbocycles. The van der Waals surface area contributed by atoms with Crippen molar-refractivity contribution in [3.05, 3.63) is 35.9 Å². The van der Waals surface area contributed by atoms with Crippen LogP contribution in [0.5, 0.6) is 0 Å². The zero-order chi connectivity index (χ0) is 7.94. The van der Waals surface area contributed by atoms with Gasteiger partial charge in [0.15, 0.2) is 0 Å². The number of halogens is 1. The minimum absolute atomic E-state index is 0. The topological polar surface area (TPSA) is 32.3 Å². The monoisotopic (exact) mass is 279 g/mol. The summed E-state index contributed by atoms with van der Waals surface area (Å²) in [7, 11) is 0. The summed E-state index contributed by atoms with van der Waals surface area (Å²) in [4.78, 5) is 0. The normalized spacial score (nSPS) is 9.08. The molecule has 0 saturated carbocycles. The molecule has 1 aromatic rings. The fourth-order valence-electron chi connectivity index (χ4n) is 1.02. The molecular formula is C9H14INO. The molecule has 0 radical (unpaired) electrons.